The van der Waals surface area contributed by atoms with Crippen molar-refractivity contribution in [1.29, 1.82) is 0 Å². The minimum Gasteiger partial charge on any atom is -0.352 e. The molecule has 0 spiro atoms. The zero-order valence-electron chi connectivity index (χ0n) is 13.2. The Morgan fingerprint density at radius 2 is 2.08 bits per heavy atom. The van der Waals surface area contributed by atoms with Gasteiger partial charge in [0.1, 0.15) is 5.82 Å². The van der Waals surface area contributed by atoms with E-state index in [1.54, 1.807) is 0 Å². The van der Waals surface area contributed by atoms with E-state index < -0.39 is 4.92 Å². The van der Waals surface area contributed by atoms with Gasteiger partial charge in [0, 0.05) is 25.1 Å². The van der Waals surface area contributed by atoms with Gasteiger partial charge in [-0.1, -0.05) is 23.7 Å². The van der Waals surface area contributed by atoms with Crippen molar-refractivity contribution in [2.24, 2.45) is 0 Å². The molecule has 1 aromatic heterocycles. The molecule has 2 N–H and O–H groups in total. The van der Waals surface area contributed by atoms with Crippen LogP contribution in [0.3, 0.4) is 0 Å². The molecule has 0 bridgehead atoms. The van der Waals surface area contributed by atoms with Crippen molar-refractivity contribution >= 4 is 34.2 Å². The van der Waals surface area contributed by atoms with Crippen LogP contribution in [0.2, 0.25) is 5.02 Å². The van der Waals surface area contributed by atoms with Crippen LogP contribution in [-0.4, -0.2) is 27.3 Å². The van der Waals surface area contributed by atoms with E-state index in [0.717, 1.165) is 16.9 Å². The number of para-hydroxylation sites is 2. The number of carbonyl (C=O) groups excluding carboxylic acids is 1. The number of imidazole rings is 1. The molecule has 1 heterocycles. The molecular formula is C17H15ClN4O3. The maximum Gasteiger partial charge on any atom is 0.270 e. The average molecular weight is 359 g/mol. The molecule has 128 valence electrons. The number of carbonyl (C=O) groups is 1. The molecule has 0 aliphatic carbocycles. The average Bonchev–Trinajstić information content (AvgIpc) is 3.01. The van der Waals surface area contributed by atoms with Crippen molar-refractivity contribution in [3.8, 4) is 0 Å². The molecule has 0 unspecified atom stereocenters. The third-order valence-electron chi connectivity index (χ3n) is 3.72. The topological polar surface area (TPSA) is 101 Å². The summed E-state index contributed by atoms with van der Waals surface area (Å²) < 4.78 is 0. The number of nitro groups is 1. The fraction of sp³-hybridized carbons (Fsp3) is 0.176. The Labute approximate surface area is 148 Å². The fourth-order valence-corrected chi connectivity index (χ4v) is 2.74. The molecule has 0 aliphatic rings. The highest BCUT2D eigenvalue weighted by Crippen LogP contribution is 2.22. The lowest BCUT2D eigenvalue weighted by Gasteiger charge is -2.06. The number of nitrogens with zero attached hydrogens (tertiary/aromatic N) is 2. The number of H-pyrrole nitrogens is 1. The normalized spacial score (nSPS) is 10.8. The monoisotopic (exact) mass is 358 g/mol. The highest BCUT2D eigenvalue weighted by atomic mass is 35.5. The van der Waals surface area contributed by atoms with Crippen LogP contribution >= 0.6 is 11.6 Å². The number of nitro benzene ring substituents is 1. The van der Waals surface area contributed by atoms with E-state index in [0.29, 0.717) is 19.4 Å². The molecule has 2 aromatic carbocycles. The first-order valence-corrected chi connectivity index (χ1v) is 8.08. The molecule has 0 aliphatic heterocycles. The first kappa shape index (κ1) is 16.9. The second-order valence-electron chi connectivity index (χ2n) is 5.48. The summed E-state index contributed by atoms with van der Waals surface area (Å²) >= 11 is 5.94. The Morgan fingerprint density at radius 1 is 1.28 bits per heavy atom. The summed E-state index contributed by atoms with van der Waals surface area (Å²) in [6.45, 7) is 0.448. The third-order valence-corrected chi connectivity index (χ3v) is 4.04. The van der Waals surface area contributed by atoms with Gasteiger partial charge in [-0.05, 0) is 24.6 Å². The lowest BCUT2D eigenvalue weighted by atomic mass is 10.2. The van der Waals surface area contributed by atoms with E-state index in [9.17, 15) is 14.9 Å². The molecule has 1 amide bonds. The van der Waals surface area contributed by atoms with Gasteiger partial charge in [0.05, 0.1) is 26.5 Å². The number of nitrogens with one attached hydrogen (secondary N) is 2. The van der Waals surface area contributed by atoms with Crippen molar-refractivity contribution in [2.45, 2.75) is 12.8 Å². The summed E-state index contributed by atoms with van der Waals surface area (Å²) in [4.78, 5) is 29.9. The number of hydrogen-bond donors (Lipinski definition) is 2. The lowest BCUT2D eigenvalue weighted by Crippen LogP contribution is -2.25. The minimum absolute atomic E-state index is 0.0592. The molecule has 8 heteroatoms. The van der Waals surface area contributed by atoms with Crippen LogP contribution < -0.4 is 5.32 Å². The number of amides is 1. The number of halogens is 1. The zero-order chi connectivity index (χ0) is 17.8. The maximum atomic E-state index is 12.1. The Hall–Kier alpha value is -2.93. The third kappa shape index (κ3) is 3.95. The van der Waals surface area contributed by atoms with Crippen LogP contribution in [0, 0.1) is 10.1 Å². The van der Waals surface area contributed by atoms with Crippen LogP contribution in [0.4, 0.5) is 5.69 Å². The Kier molecular flexibility index (Phi) is 4.95. The Morgan fingerprint density at radius 3 is 2.80 bits per heavy atom. The highest BCUT2D eigenvalue weighted by Gasteiger charge is 2.14. The zero-order valence-corrected chi connectivity index (χ0v) is 13.9. The predicted octanol–water partition coefficient (Wildman–Crippen LogP) is 3.49. The number of rotatable bonds is 6. The van der Waals surface area contributed by atoms with E-state index in [4.69, 9.17) is 11.6 Å². The van der Waals surface area contributed by atoms with Gasteiger partial charge in [-0.25, -0.2) is 4.98 Å². The second-order valence-corrected chi connectivity index (χ2v) is 5.89. The number of aryl methyl sites for hydroxylation is 1. The number of fused-ring (bicyclic) bond motifs is 1. The van der Waals surface area contributed by atoms with E-state index in [1.165, 1.54) is 18.2 Å². The number of aromatic nitrogens is 2. The van der Waals surface area contributed by atoms with Crippen molar-refractivity contribution < 1.29 is 9.72 Å². The van der Waals surface area contributed by atoms with E-state index in [2.05, 4.69) is 15.3 Å². The van der Waals surface area contributed by atoms with Gasteiger partial charge in [0.2, 0.25) is 0 Å². The molecule has 0 fully saturated rings. The summed E-state index contributed by atoms with van der Waals surface area (Å²) in [6, 6.07) is 11.6. The summed E-state index contributed by atoms with van der Waals surface area (Å²) in [5, 5.41) is 13.5. The van der Waals surface area contributed by atoms with Crippen LogP contribution in [0.15, 0.2) is 42.5 Å². The molecule has 0 saturated heterocycles. The standard InChI is InChI=1S/C17H15ClN4O3/c18-13-10-11(22(24)25)7-8-12(13)17(23)19-9-3-6-16-20-14-4-1-2-5-15(14)21-16/h1-2,4-5,7-8,10H,3,6,9H2,(H,19,23)(H,20,21). The number of non-ortho nitro benzene ring substituents is 1. The predicted molar refractivity (Wildman–Crippen MR) is 94.9 cm³/mol. The van der Waals surface area contributed by atoms with Crippen LogP contribution in [0.5, 0.6) is 0 Å². The first-order valence-electron chi connectivity index (χ1n) is 7.70. The van der Waals surface area contributed by atoms with Gasteiger partial charge in [0.15, 0.2) is 0 Å². The van der Waals surface area contributed by atoms with Crippen LogP contribution in [0.1, 0.15) is 22.6 Å². The van der Waals surface area contributed by atoms with E-state index in [-0.39, 0.29) is 22.2 Å². The summed E-state index contributed by atoms with van der Waals surface area (Å²) in [5.74, 6) is 0.508. The quantitative estimate of drug-likeness (QED) is 0.400. The molecule has 7 nitrogen and oxygen atoms in total. The summed E-state index contributed by atoms with van der Waals surface area (Å²) in [7, 11) is 0. The second kappa shape index (κ2) is 7.31. The Bertz CT molecular complexity index is 906. The highest BCUT2D eigenvalue weighted by molar-refractivity contribution is 6.34. The molecule has 0 atom stereocenters. The van der Waals surface area contributed by atoms with Crippen molar-refractivity contribution in [1.82, 2.24) is 15.3 Å². The molecule has 25 heavy (non-hydrogen) atoms. The van der Waals surface area contributed by atoms with Gasteiger partial charge in [-0.2, -0.15) is 0 Å². The molecule has 3 aromatic rings. The largest absolute Gasteiger partial charge is 0.352 e. The fourth-order valence-electron chi connectivity index (χ4n) is 2.48. The number of hydrogen-bond acceptors (Lipinski definition) is 4. The maximum absolute atomic E-state index is 12.1. The van der Waals surface area contributed by atoms with E-state index in [1.807, 2.05) is 24.3 Å². The van der Waals surface area contributed by atoms with Crippen LogP contribution in [0.25, 0.3) is 11.0 Å². The molecule has 0 radical (unpaired) electrons. The van der Waals surface area contributed by atoms with Gasteiger partial charge in [-0.3, -0.25) is 14.9 Å². The van der Waals surface area contributed by atoms with Gasteiger partial charge >= 0.3 is 0 Å². The Balaban J connectivity index is 1.53. The smallest absolute Gasteiger partial charge is 0.270 e. The SMILES string of the molecule is O=C(NCCCc1nc2ccccc2[nH]1)c1ccc([N+](=O)[O-])cc1Cl. The van der Waals surface area contributed by atoms with Gasteiger partial charge in [-0.15, -0.1) is 0 Å². The number of benzene rings is 2. The van der Waals surface area contributed by atoms with E-state index >= 15 is 0 Å². The van der Waals surface area contributed by atoms with Gasteiger partial charge < -0.3 is 10.3 Å². The molecule has 3 rings (SSSR count). The molecular weight excluding hydrogens is 344 g/mol. The van der Waals surface area contributed by atoms with Crippen LogP contribution in [-0.2, 0) is 6.42 Å². The summed E-state index contributed by atoms with van der Waals surface area (Å²) in [5.41, 5.74) is 1.97. The van der Waals surface area contributed by atoms with Crippen molar-refractivity contribution in [3.05, 3.63) is 69.0 Å². The summed E-state index contributed by atoms with van der Waals surface area (Å²) in [6.07, 6.45) is 1.40. The van der Waals surface area contributed by atoms with Gasteiger partial charge in [0.25, 0.3) is 11.6 Å². The number of aromatic amines is 1. The first-order chi connectivity index (χ1) is 12.0. The lowest BCUT2D eigenvalue weighted by molar-refractivity contribution is -0.384. The minimum atomic E-state index is -0.555. The van der Waals surface area contributed by atoms with Crippen molar-refractivity contribution in [2.75, 3.05) is 6.54 Å². The van der Waals surface area contributed by atoms with Crippen molar-refractivity contribution in [3.63, 3.8) is 0 Å². The molecule has 0 saturated carbocycles.